The SMILES string of the molecule is Cc1ccc(C)c(-c2cc3nc4ccccc4nc3o2)c1. The molecule has 0 saturated heterocycles. The minimum atomic E-state index is 0.588. The van der Waals surface area contributed by atoms with Crippen molar-refractivity contribution in [2.24, 2.45) is 0 Å². The number of hydrogen-bond donors (Lipinski definition) is 0. The summed E-state index contributed by atoms with van der Waals surface area (Å²) in [5, 5.41) is 0. The van der Waals surface area contributed by atoms with Crippen molar-refractivity contribution in [1.82, 2.24) is 9.97 Å². The van der Waals surface area contributed by atoms with E-state index in [1.54, 1.807) is 0 Å². The zero-order valence-electron chi connectivity index (χ0n) is 11.9. The molecule has 2 aromatic heterocycles. The van der Waals surface area contributed by atoms with Gasteiger partial charge in [0.1, 0.15) is 11.3 Å². The van der Waals surface area contributed by atoms with Gasteiger partial charge in [0.15, 0.2) is 0 Å². The number of furan rings is 1. The number of para-hydroxylation sites is 2. The second kappa shape index (κ2) is 4.42. The molecule has 21 heavy (non-hydrogen) atoms. The fourth-order valence-corrected chi connectivity index (χ4v) is 2.56. The van der Waals surface area contributed by atoms with Crippen LogP contribution in [0.15, 0.2) is 52.9 Å². The van der Waals surface area contributed by atoms with Crippen molar-refractivity contribution in [3.8, 4) is 11.3 Å². The smallest absolute Gasteiger partial charge is 0.246 e. The van der Waals surface area contributed by atoms with Crippen molar-refractivity contribution in [2.75, 3.05) is 0 Å². The van der Waals surface area contributed by atoms with E-state index in [1.807, 2.05) is 30.3 Å². The van der Waals surface area contributed by atoms with Gasteiger partial charge in [-0.3, -0.25) is 0 Å². The highest BCUT2D eigenvalue weighted by Crippen LogP contribution is 2.30. The third kappa shape index (κ3) is 1.98. The fourth-order valence-electron chi connectivity index (χ4n) is 2.56. The molecule has 0 radical (unpaired) electrons. The largest absolute Gasteiger partial charge is 0.436 e. The van der Waals surface area contributed by atoms with Gasteiger partial charge in [0, 0.05) is 11.6 Å². The number of aromatic nitrogens is 2. The molecule has 2 aromatic carbocycles. The van der Waals surface area contributed by atoms with E-state index in [1.165, 1.54) is 11.1 Å². The first-order chi connectivity index (χ1) is 10.2. The maximum absolute atomic E-state index is 5.92. The van der Waals surface area contributed by atoms with Gasteiger partial charge in [0.25, 0.3) is 0 Å². The predicted molar refractivity (Wildman–Crippen MR) is 84.2 cm³/mol. The summed E-state index contributed by atoms with van der Waals surface area (Å²) in [5.74, 6) is 0.821. The second-order valence-electron chi connectivity index (χ2n) is 5.33. The Labute approximate surface area is 122 Å². The first-order valence-corrected chi connectivity index (χ1v) is 6.95. The monoisotopic (exact) mass is 274 g/mol. The Hall–Kier alpha value is -2.68. The molecule has 3 heteroatoms. The van der Waals surface area contributed by atoms with Gasteiger partial charge >= 0.3 is 0 Å². The Morgan fingerprint density at radius 2 is 1.57 bits per heavy atom. The average molecular weight is 274 g/mol. The molecule has 3 nitrogen and oxygen atoms in total. The number of nitrogens with zero attached hydrogens (tertiary/aromatic N) is 2. The minimum Gasteiger partial charge on any atom is -0.436 e. The molecule has 0 fully saturated rings. The van der Waals surface area contributed by atoms with E-state index < -0.39 is 0 Å². The lowest BCUT2D eigenvalue weighted by Gasteiger charge is -2.03. The van der Waals surface area contributed by atoms with Crippen LogP contribution < -0.4 is 0 Å². The van der Waals surface area contributed by atoms with E-state index in [0.29, 0.717) is 5.71 Å². The summed E-state index contributed by atoms with van der Waals surface area (Å²) in [6.45, 7) is 4.16. The first-order valence-electron chi connectivity index (χ1n) is 6.95. The highest BCUT2D eigenvalue weighted by Gasteiger charge is 2.11. The zero-order chi connectivity index (χ0) is 14.4. The van der Waals surface area contributed by atoms with E-state index in [9.17, 15) is 0 Å². The van der Waals surface area contributed by atoms with Gasteiger partial charge in [0.05, 0.1) is 11.0 Å². The molecule has 0 aliphatic heterocycles. The van der Waals surface area contributed by atoms with Crippen LogP contribution in [0.2, 0.25) is 0 Å². The van der Waals surface area contributed by atoms with Crippen LogP contribution in [0, 0.1) is 13.8 Å². The van der Waals surface area contributed by atoms with Crippen molar-refractivity contribution in [2.45, 2.75) is 13.8 Å². The van der Waals surface area contributed by atoms with Crippen LogP contribution in [0.4, 0.5) is 0 Å². The first kappa shape index (κ1) is 12.1. The molecule has 0 saturated carbocycles. The molecule has 0 bridgehead atoms. The van der Waals surface area contributed by atoms with E-state index in [4.69, 9.17) is 4.42 Å². The molecule has 0 aliphatic rings. The van der Waals surface area contributed by atoms with Gasteiger partial charge < -0.3 is 4.42 Å². The fraction of sp³-hybridized carbons (Fsp3) is 0.111. The van der Waals surface area contributed by atoms with Crippen LogP contribution in [0.25, 0.3) is 33.6 Å². The molecule has 0 aliphatic carbocycles. The summed E-state index contributed by atoms with van der Waals surface area (Å²) in [6, 6.07) is 16.1. The molecule has 0 N–H and O–H groups in total. The van der Waals surface area contributed by atoms with Crippen molar-refractivity contribution < 1.29 is 4.42 Å². The summed E-state index contributed by atoms with van der Waals surface area (Å²) >= 11 is 0. The predicted octanol–water partition coefficient (Wildman–Crippen LogP) is 4.66. The maximum atomic E-state index is 5.92. The highest BCUT2D eigenvalue weighted by molar-refractivity contribution is 5.86. The van der Waals surface area contributed by atoms with E-state index in [2.05, 4.69) is 42.0 Å². The van der Waals surface area contributed by atoms with Gasteiger partial charge in [-0.2, -0.15) is 0 Å². The Kier molecular flexibility index (Phi) is 2.54. The van der Waals surface area contributed by atoms with Gasteiger partial charge in [-0.1, -0.05) is 29.8 Å². The van der Waals surface area contributed by atoms with Crippen LogP contribution in [0.1, 0.15) is 11.1 Å². The topological polar surface area (TPSA) is 38.9 Å². The Morgan fingerprint density at radius 3 is 2.38 bits per heavy atom. The molecular weight excluding hydrogens is 260 g/mol. The normalized spacial score (nSPS) is 11.3. The Balaban J connectivity index is 1.98. The summed E-state index contributed by atoms with van der Waals surface area (Å²) < 4.78 is 5.92. The lowest BCUT2D eigenvalue weighted by Crippen LogP contribution is -1.82. The van der Waals surface area contributed by atoms with Crippen molar-refractivity contribution in [3.63, 3.8) is 0 Å². The Bertz CT molecular complexity index is 917. The molecule has 102 valence electrons. The zero-order valence-corrected chi connectivity index (χ0v) is 11.9. The van der Waals surface area contributed by atoms with Crippen LogP contribution in [-0.2, 0) is 0 Å². The summed E-state index contributed by atoms with van der Waals surface area (Å²) in [5.41, 5.74) is 6.62. The second-order valence-corrected chi connectivity index (χ2v) is 5.33. The van der Waals surface area contributed by atoms with Crippen LogP contribution in [-0.4, -0.2) is 9.97 Å². The van der Waals surface area contributed by atoms with Crippen molar-refractivity contribution in [3.05, 3.63) is 59.7 Å². The number of benzene rings is 2. The number of aryl methyl sites for hydroxylation is 2. The lowest BCUT2D eigenvalue weighted by atomic mass is 10.0. The summed E-state index contributed by atoms with van der Waals surface area (Å²) in [6.07, 6.45) is 0. The van der Waals surface area contributed by atoms with E-state index in [-0.39, 0.29) is 0 Å². The summed E-state index contributed by atoms with van der Waals surface area (Å²) in [4.78, 5) is 9.17. The van der Waals surface area contributed by atoms with E-state index in [0.717, 1.165) is 27.9 Å². The van der Waals surface area contributed by atoms with Gasteiger partial charge in [-0.25, -0.2) is 9.97 Å². The third-order valence-electron chi connectivity index (χ3n) is 3.70. The molecule has 2 heterocycles. The van der Waals surface area contributed by atoms with Gasteiger partial charge in [-0.05, 0) is 37.6 Å². The molecule has 0 unspecified atom stereocenters. The number of fused-ring (bicyclic) bond motifs is 2. The molecule has 0 amide bonds. The lowest BCUT2D eigenvalue weighted by molar-refractivity contribution is 0.619. The molecular formula is C18H14N2O. The van der Waals surface area contributed by atoms with Crippen molar-refractivity contribution >= 4 is 22.3 Å². The number of rotatable bonds is 1. The van der Waals surface area contributed by atoms with Crippen LogP contribution in [0.3, 0.4) is 0 Å². The Morgan fingerprint density at radius 1 is 0.810 bits per heavy atom. The molecule has 4 rings (SSSR count). The summed E-state index contributed by atoms with van der Waals surface area (Å²) in [7, 11) is 0. The molecule has 0 spiro atoms. The molecule has 0 atom stereocenters. The van der Waals surface area contributed by atoms with Gasteiger partial charge in [0.2, 0.25) is 5.71 Å². The highest BCUT2D eigenvalue weighted by atomic mass is 16.3. The van der Waals surface area contributed by atoms with Crippen LogP contribution in [0.5, 0.6) is 0 Å². The van der Waals surface area contributed by atoms with Gasteiger partial charge in [-0.15, -0.1) is 0 Å². The quantitative estimate of drug-likeness (QED) is 0.506. The maximum Gasteiger partial charge on any atom is 0.246 e. The third-order valence-corrected chi connectivity index (χ3v) is 3.70. The van der Waals surface area contributed by atoms with E-state index >= 15 is 0 Å². The molecule has 4 aromatic rings. The van der Waals surface area contributed by atoms with Crippen LogP contribution >= 0.6 is 0 Å². The number of hydrogen-bond acceptors (Lipinski definition) is 3. The standard InChI is InChI=1S/C18H14N2O/c1-11-7-8-12(2)13(9-11)17-10-16-18(21-17)20-15-6-4-3-5-14(15)19-16/h3-10H,1-2H3. The van der Waals surface area contributed by atoms with Crippen molar-refractivity contribution in [1.29, 1.82) is 0 Å². The minimum absolute atomic E-state index is 0.588. The average Bonchev–Trinajstić information content (AvgIpc) is 2.89.